The van der Waals surface area contributed by atoms with Gasteiger partial charge in [0.15, 0.2) is 9.84 Å². The van der Waals surface area contributed by atoms with E-state index in [1.807, 2.05) is 6.92 Å². The van der Waals surface area contributed by atoms with Gasteiger partial charge < -0.3 is 11.1 Å². The number of nitrogens with one attached hydrogen (secondary N) is 1. The van der Waals surface area contributed by atoms with E-state index in [2.05, 4.69) is 5.32 Å². The summed E-state index contributed by atoms with van der Waals surface area (Å²) in [6, 6.07) is 4.98. The lowest BCUT2D eigenvalue weighted by Crippen LogP contribution is -2.56. The molecule has 0 heterocycles. The van der Waals surface area contributed by atoms with Crippen molar-refractivity contribution in [1.29, 1.82) is 0 Å². The van der Waals surface area contributed by atoms with Crippen molar-refractivity contribution in [3.05, 3.63) is 65.0 Å². The van der Waals surface area contributed by atoms with Gasteiger partial charge in [-0.15, -0.1) is 0 Å². The van der Waals surface area contributed by atoms with Crippen molar-refractivity contribution in [1.82, 2.24) is 5.32 Å². The number of amides is 1. The summed E-state index contributed by atoms with van der Waals surface area (Å²) < 4.78 is 137. The van der Waals surface area contributed by atoms with E-state index in [0.29, 0.717) is 25.0 Å². The van der Waals surface area contributed by atoms with Crippen LogP contribution in [0.4, 0.5) is 35.1 Å². The van der Waals surface area contributed by atoms with Gasteiger partial charge in [-0.2, -0.15) is 26.3 Å². The molecule has 2 aromatic rings. The zero-order valence-electron chi connectivity index (χ0n) is 24.3. The maximum absolute atomic E-state index is 15.0. The van der Waals surface area contributed by atoms with E-state index in [0.717, 1.165) is 30.3 Å². The first-order valence-electron chi connectivity index (χ1n) is 14.2. The second-order valence-corrected chi connectivity index (χ2v) is 14.4. The van der Waals surface area contributed by atoms with E-state index >= 15 is 0 Å². The molecule has 5 nitrogen and oxygen atoms in total. The van der Waals surface area contributed by atoms with Crippen LogP contribution in [0.5, 0.6) is 0 Å². The van der Waals surface area contributed by atoms with Crippen LogP contribution in [-0.4, -0.2) is 38.3 Å². The Bertz CT molecular complexity index is 1490. The summed E-state index contributed by atoms with van der Waals surface area (Å²) in [5, 5.41) is 2.87. The molecule has 0 aromatic heterocycles. The fourth-order valence-corrected chi connectivity index (χ4v) is 9.62. The van der Waals surface area contributed by atoms with Crippen molar-refractivity contribution in [2.45, 2.75) is 98.5 Å². The van der Waals surface area contributed by atoms with Crippen LogP contribution in [0.3, 0.4) is 0 Å². The molecule has 2 aliphatic rings. The Kier molecular flexibility index (Phi) is 8.73. The summed E-state index contributed by atoms with van der Waals surface area (Å²) in [4.78, 5) is 12.7. The summed E-state index contributed by atoms with van der Waals surface area (Å²) >= 11 is 0. The quantitative estimate of drug-likeness (QED) is 0.243. The van der Waals surface area contributed by atoms with Crippen LogP contribution in [0, 0.1) is 17.7 Å². The van der Waals surface area contributed by atoms with Crippen molar-refractivity contribution in [2.24, 2.45) is 17.6 Å². The minimum Gasteiger partial charge on any atom is -0.352 e. The molecule has 1 saturated carbocycles. The van der Waals surface area contributed by atoms with Gasteiger partial charge in [-0.05, 0) is 93.2 Å². The van der Waals surface area contributed by atoms with Crippen LogP contribution < -0.4 is 11.1 Å². The first-order valence-corrected chi connectivity index (χ1v) is 15.7. The molecule has 5 atom stereocenters. The molecule has 244 valence electrons. The fourth-order valence-electron chi connectivity index (χ4n) is 7.13. The largest absolute Gasteiger partial charge is 0.435 e. The third-order valence-corrected chi connectivity index (χ3v) is 11.9. The highest BCUT2D eigenvalue weighted by atomic mass is 32.2. The summed E-state index contributed by atoms with van der Waals surface area (Å²) in [5.41, 5.74) is -2.60. The number of nitrogens with two attached hydrogens (primary N) is 1. The zero-order chi connectivity index (χ0) is 33.1. The van der Waals surface area contributed by atoms with Gasteiger partial charge >= 0.3 is 18.0 Å². The molecule has 1 amide bonds. The molecule has 0 spiro atoms. The minimum atomic E-state index is -6.34. The molecule has 2 aromatic carbocycles. The molecule has 4 rings (SSSR count). The molecule has 0 radical (unpaired) electrons. The van der Waals surface area contributed by atoms with Crippen molar-refractivity contribution < 1.29 is 48.3 Å². The summed E-state index contributed by atoms with van der Waals surface area (Å²) in [6.45, 7) is 5.11. The van der Waals surface area contributed by atoms with Crippen LogP contribution in [0.25, 0.3) is 0 Å². The van der Waals surface area contributed by atoms with Crippen LogP contribution >= 0.6 is 0 Å². The first-order chi connectivity index (χ1) is 20.1. The third-order valence-electron chi connectivity index (χ3n) is 9.32. The molecule has 2 unspecified atom stereocenters. The molecule has 0 saturated heterocycles. The maximum atomic E-state index is 15.0. The Balaban J connectivity index is 1.87. The molecule has 2 aliphatic carbocycles. The molecular formula is C30H34F8N2O3S. The average molecular weight is 655 g/mol. The maximum Gasteiger partial charge on any atom is 0.435 e. The minimum absolute atomic E-state index is 0.00787. The number of carbonyl (C=O) groups is 1. The number of halogens is 8. The van der Waals surface area contributed by atoms with Crippen LogP contribution in [0.2, 0.25) is 0 Å². The molecule has 1 fully saturated rings. The summed E-state index contributed by atoms with van der Waals surface area (Å²) in [5.74, 6) is -2.40. The van der Waals surface area contributed by atoms with Gasteiger partial charge in [-0.3, -0.25) is 4.79 Å². The van der Waals surface area contributed by atoms with E-state index in [1.54, 1.807) is 13.8 Å². The molecule has 3 N–H and O–H groups in total. The van der Waals surface area contributed by atoms with Crippen LogP contribution in [-0.2, 0) is 31.5 Å². The Labute approximate surface area is 250 Å². The van der Waals surface area contributed by atoms with E-state index in [9.17, 15) is 48.3 Å². The second kappa shape index (κ2) is 11.3. The van der Waals surface area contributed by atoms with Crippen molar-refractivity contribution in [2.75, 3.05) is 0 Å². The van der Waals surface area contributed by atoms with E-state index < -0.39 is 73.3 Å². The molecule has 0 bridgehead atoms. The summed E-state index contributed by atoms with van der Waals surface area (Å²) in [7, 11) is -4.47. The third kappa shape index (κ3) is 5.29. The standard InChI is InChI=1S/C30H34F8N2O3S/c1-4-14-26(3,39)25(41)40-17(2)22-13-15-27(44(42,43)21-9-7-20(31)8-10-21)23-12-6-19(16-18(23)5-11-24(22)27)28(32,29(33,34)35)30(36,37)38/h6-10,12,16-17,22,24H,4-5,11,13-15,39H2,1-3H3,(H,40,41)/t17?,22-,24-,26?,27+/m0/s1. The van der Waals surface area contributed by atoms with E-state index in [4.69, 9.17) is 5.73 Å². The summed E-state index contributed by atoms with van der Waals surface area (Å²) in [6.07, 6.45) is -11.7. The normalized spacial score (nSPS) is 24.6. The lowest BCUT2D eigenvalue weighted by Gasteiger charge is -2.44. The van der Waals surface area contributed by atoms with Gasteiger partial charge in [-0.25, -0.2) is 17.2 Å². The van der Waals surface area contributed by atoms with Crippen LogP contribution in [0.15, 0.2) is 47.4 Å². The van der Waals surface area contributed by atoms with Crippen molar-refractivity contribution in [3.8, 4) is 0 Å². The number of sulfone groups is 1. The zero-order valence-corrected chi connectivity index (χ0v) is 25.1. The lowest BCUT2D eigenvalue weighted by atomic mass is 9.71. The van der Waals surface area contributed by atoms with Gasteiger partial charge in [0, 0.05) is 11.6 Å². The highest BCUT2D eigenvalue weighted by molar-refractivity contribution is 7.92. The SMILES string of the molecule is CCCC(C)(N)C(=O)NC(C)[C@@H]1CC[C@@]2(S(=O)(=O)c3ccc(F)cc3)c3ccc(C(F)(C(F)(F)F)C(F)(F)F)cc3CC[C@@H]12. The van der Waals surface area contributed by atoms with E-state index in [-0.39, 0.29) is 41.7 Å². The second-order valence-electron chi connectivity index (χ2n) is 12.2. The smallest absolute Gasteiger partial charge is 0.352 e. The predicted molar refractivity (Wildman–Crippen MR) is 146 cm³/mol. The van der Waals surface area contributed by atoms with Gasteiger partial charge in [0.1, 0.15) is 10.6 Å². The number of benzene rings is 2. The van der Waals surface area contributed by atoms with Gasteiger partial charge in [0.2, 0.25) is 5.91 Å². The Morgan fingerprint density at radius 2 is 1.61 bits per heavy atom. The lowest BCUT2D eigenvalue weighted by molar-refractivity contribution is -0.348. The highest BCUT2D eigenvalue weighted by Gasteiger charge is 2.74. The van der Waals surface area contributed by atoms with Gasteiger partial charge in [-0.1, -0.05) is 31.5 Å². The molecule has 44 heavy (non-hydrogen) atoms. The number of alkyl halides is 7. The Morgan fingerprint density at radius 3 is 2.16 bits per heavy atom. The Morgan fingerprint density at radius 1 is 1.02 bits per heavy atom. The number of fused-ring (bicyclic) bond motifs is 3. The molecular weight excluding hydrogens is 620 g/mol. The van der Waals surface area contributed by atoms with Crippen molar-refractivity contribution >= 4 is 15.7 Å². The molecule has 0 aliphatic heterocycles. The van der Waals surface area contributed by atoms with Crippen LogP contribution in [0.1, 0.15) is 69.6 Å². The number of aryl methyl sites for hydroxylation is 1. The fraction of sp³-hybridized carbons (Fsp3) is 0.567. The predicted octanol–water partition coefficient (Wildman–Crippen LogP) is 6.78. The highest BCUT2D eigenvalue weighted by Crippen LogP contribution is 2.61. The number of rotatable bonds is 8. The van der Waals surface area contributed by atoms with E-state index in [1.165, 1.54) is 0 Å². The average Bonchev–Trinajstić information content (AvgIpc) is 3.33. The Hall–Kier alpha value is -2.74. The van der Waals surface area contributed by atoms with Crippen molar-refractivity contribution in [3.63, 3.8) is 0 Å². The number of hydrogen-bond acceptors (Lipinski definition) is 4. The monoisotopic (exact) mass is 654 g/mol. The van der Waals surface area contributed by atoms with Gasteiger partial charge in [0.05, 0.1) is 10.4 Å². The molecule has 14 heteroatoms. The number of hydrogen-bond donors (Lipinski definition) is 2. The number of carbonyl (C=O) groups excluding carboxylic acids is 1. The first kappa shape index (κ1) is 34.1. The van der Waals surface area contributed by atoms with Gasteiger partial charge in [0.25, 0.3) is 0 Å². The topological polar surface area (TPSA) is 89.3 Å².